The number of hydrogen-bond acceptors (Lipinski definition) is 4. The fourth-order valence-corrected chi connectivity index (χ4v) is 2.85. The van der Waals surface area contributed by atoms with Crippen LogP contribution in [-0.2, 0) is 4.79 Å². The van der Waals surface area contributed by atoms with E-state index >= 15 is 0 Å². The number of rotatable bonds is 9. The van der Waals surface area contributed by atoms with E-state index in [2.05, 4.69) is 29.8 Å². The van der Waals surface area contributed by atoms with Crippen molar-refractivity contribution in [3.8, 4) is 5.75 Å². The molecule has 0 aliphatic heterocycles. The summed E-state index contributed by atoms with van der Waals surface area (Å²) in [4.78, 5) is 24.4. The second-order valence-electron chi connectivity index (χ2n) is 7.31. The van der Waals surface area contributed by atoms with Crippen molar-refractivity contribution in [2.75, 3.05) is 17.2 Å². The average Bonchev–Trinajstić information content (AvgIpc) is 2.68. The van der Waals surface area contributed by atoms with Crippen LogP contribution in [0.15, 0.2) is 48.5 Å². The molecule has 0 aliphatic rings. The van der Waals surface area contributed by atoms with Crippen molar-refractivity contribution in [3.63, 3.8) is 0 Å². The third kappa shape index (κ3) is 7.83. The summed E-state index contributed by atoms with van der Waals surface area (Å²) < 4.78 is 5.78. The van der Waals surface area contributed by atoms with E-state index in [1.165, 1.54) is 0 Å². The lowest BCUT2D eigenvalue weighted by atomic mass is 10.1. The highest BCUT2D eigenvalue weighted by Gasteiger charge is 2.14. The van der Waals surface area contributed by atoms with Crippen molar-refractivity contribution in [1.29, 1.82) is 0 Å². The van der Waals surface area contributed by atoms with Gasteiger partial charge in [0.15, 0.2) is 5.11 Å². The Balaban J connectivity index is 1.97. The molecule has 0 radical (unpaired) electrons. The summed E-state index contributed by atoms with van der Waals surface area (Å²) in [6, 6.07) is 14.2. The van der Waals surface area contributed by atoms with E-state index in [1.807, 2.05) is 13.0 Å². The number of carbonyl (C=O) groups is 2. The summed E-state index contributed by atoms with van der Waals surface area (Å²) in [5.41, 5.74) is 1.75. The Morgan fingerprint density at radius 1 is 1.03 bits per heavy atom. The molecule has 160 valence electrons. The van der Waals surface area contributed by atoms with E-state index in [0.29, 0.717) is 41.6 Å². The first-order chi connectivity index (χ1) is 14.4. The van der Waals surface area contributed by atoms with Crippen LogP contribution in [0.5, 0.6) is 5.75 Å². The Hall–Kier alpha value is -2.93. The van der Waals surface area contributed by atoms with Crippen molar-refractivity contribution < 1.29 is 14.3 Å². The molecule has 0 aliphatic carbocycles. The second kappa shape index (κ2) is 11.9. The van der Waals surface area contributed by atoms with Gasteiger partial charge in [-0.05, 0) is 61.3 Å². The number of nitrogens with one attached hydrogen (secondary N) is 3. The van der Waals surface area contributed by atoms with Crippen LogP contribution in [0.25, 0.3) is 0 Å². The Morgan fingerprint density at radius 2 is 1.73 bits per heavy atom. The minimum Gasteiger partial charge on any atom is -0.493 e. The van der Waals surface area contributed by atoms with Gasteiger partial charge in [0.25, 0.3) is 5.91 Å². The topological polar surface area (TPSA) is 79.5 Å². The van der Waals surface area contributed by atoms with E-state index in [4.69, 9.17) is 17.0 Å². The molecule has 30 heavy (non-hydrogen) atoms. The molecule has 2 rings (SSSR count). The zero-order chi connectivity index (χ0) is 21.9. The van der Waals surface area contributed by atoms with Crippen LogP contribution in [-0.4, -0.2) is 23.5 Å². The van der Waals surface area contributed by atoms with Gasteiger partial charge in [0.05, 0.1) is 12.2 Å². The van der Waals surface area contributed by atoms with Gasteiger partial charge in [-0.15, -0.1) is 0 Å². The Labute approximate surface area is 183 Å². The molecule has 0 bridgehead atoms. The van der Waals surface area contributed by atoms with E-state index in [9.17, 15) is 9.59 Å². The predicted octanol–water partition coefficient (Wildman–Crippen LogP) is 4.98. The van der Waals surface area contributed by atoms with Gasteiger partial charge in [-0.25, -0.2) is 0 Å². The maximum atomic E-state index is 12.7. The minimum atomic E-state index is -0.347. The van der Waals surface area contributed by atoms with Gasteiger partial charge in [-0.1, -0.05) is 39.0 Å². The maximum absolute atomic E-state index is 12.7. The standard InChI is InChI=1S/C23H29N3O3S/c1-4-8-21(27)24-17-9-7-10-18(15-17)25-23(30)26-22(28)19-11-5-6-12-20(19)29-14-13-16(2)3/h5-7,9-12,15-16H,4,8,13-14H2,1-3H3,(H,24,27)(H2,25,26,28,30). The zero-order valence-electron chi connectivity index (χ0n) is 17.7. The molecule has 2 aromatic rings. The lowest BCUT2D eigenvalue weighted by Gasteiger charge is -2.14. The molecular weight excluding hydrogens is 398 g/mol. The molecule has 0 unspecified atom stereocenters. The predicted molar refractivity (Wildman–Crippen MR) is 125 cm³/mol. The van der Waals surface area contributed by atoms with Crippen molar-refractivity contribution in [2.45, 2.75) is 40.0 Å². The summed E-state index contributed by atoms with van der Waals surface area (Å²) in [6.45, 7) is 6.74. The van der Waals surface area contributed by atoms with E-state index in [-0.39, 0.29) is 16.9 Å². The third-order valence-corrected chi connectivity index (χ3v) is 4.40. The molecule has 0 heterocycles. The lowest BCUT2D eigenvalue weighted by Crippen LogP contribution is -2.34. The number of hydrogen-bond donors (Lipinski definition) is 3. The smallest absolute Gasteiger partial charge is 0.261 e. The molecule has 7 heteroatoms. The van der Waals surface area contributed by atoms with E-state index < -0.39 is 0 Å². The quantitative estimate of drug-likeness (QED) is 0.492. The summed E-state index contributed by atoms with van der Waals surface area (Å²) in [5.74, 6) is 0.657. The molecule has 2 aromatic carbocycles. The molecule has 2 amide bonds. The third-order valence-electron chi connectivity index (χ3n) is 4.19. The molecule has 0 saturated heterocycles. The molecule has 0 atom stereocenters. The second-order valence-corrected chi connectivity index (χ2v) is 7.72. The first kappa shape index (κ1) is 23.3. The molecular formula is C23H29N3O3S. The molecule has 0 saturated carbocycles. The van der Waals surface area contributed by atoms with Gasteiger partial charge < -0.3 is 15.4 Å². The van der Waals surface area contributed by atoms with Crippen molar-refractivity contribution in [1.82, 2.24) is 5.32 Å². The van der Waals surface area contributed by atoms with Crippen molar-refractivity contribution in [3.05, 3.63) is 54.1 Å². The van der Waals surface area contributed by atoms with Gasteiger partial charge in [0.2, 0.25) is 5.91 Å². The van der Waals surface area contributed by atoms with E-state index in [0.717, 1.165) is 12.8 Å². The van der Waals surface area contributed by atoms with Crippen LogP contribution in [0.2, 0.25) is 0 Å². The SMILES string of the molecule is CCCC(=O)Nc1cccc(NC(=S)NC(=O)c2ccccc2OCCC(C)C)c1. The number of ether oxygens (including phenoxy) is 1. The van der Waals surface area contributed by atoms with Crippen LogP contribution in [0.4, 0.5) is 11.4 Å². The van der Waals surface area contributed by atoms with Gasteiger partial charge in [0, 0.05) is 17.8 Å². The minimum absolute atomic E-state index is 0.0420. The molecule has 0 spiro atoms. The normalized spacial score (nSPS) is 10.4. The molecule has 6 nitrogen and oxygen atoms in total. The maximum Gasteiger partial charge on any atom is 0.261 e. The van der Waals surface area contributed by atoms with E-state index in [1.54, 1.807) is 42.5 Å². The number of thiocarbonyl (C=S) groups is 1. The lowest BCUT2D eigenvalue weighted by molar-refractivity contribution is -0.116. The van der Waals surface area contributed by atoms with Crippen LogP contribution < -0.4 is 20.7 Å². The fourth-order valence-electron chi connectivity index (χ4n) is 2.64. The fraction of sp³-hybridized carbons (Fsp3) is 0.348. The van der Waals surface area contributed by atoms with Crippen LogP contribution in [0.3, 0.4) is 0 Å². The first-order valence-electron chi connectivity index (χ1n) is 10.1. The van der Waals surface area contributed by atoms with Crippen molar-refractivity contribution in [2.24, 2.45) is 5.92 Å². The van der Waals surface area contributed by atoms with Gasteiger partial charge >= 0.3 is 0 Å². The molecule has 0 fully saturated rings. The number of para-hydroxylation sites is 1. The van der Waals surface area contributed by atoms with Crippen LogP contribution in [0.1, 0.15) is 50.4 Å². The molecule has 3 N–H and O–H groups in total. The first-order valence-corrected chi connectivity index (χ1v) is 10.5. The van der Waals surface area contributed by atoms with Crippen LogP contribution >= 0.6 is 12.2 Å². The number of benzene rings is 2. The summed E-state index contributed by atoms with van der Waals surface area (Å²) >= 11 is 5.28. The Kier molecular flexibility index (Phi) is 9.28. The summed E-state index contributed by atoms with van der Waals surface area (Å²) in [5, 5.41) is 8.65. The highest BCUT2D eigenvalue weighted by molar-refractivity contribution is 7.80. The largest absolute Gasteiger partial charge is 0.493 e. The Morgan fingerprint density at radius 3 is 2.43 bits per heavy atom. The summed E-state index contributed by atoms with van der Waals surface area (Å²) in [7, 11) is 0. The highest BCUT2D eigenvalue weighted by atomic mass is 32.1. The van der Waals surface area contributed by atoms with Gasteiger partial charge in [-0.2, -0.15) is 0 Å². The number of carbonyl (C=O) groups excluding carboxylic acids is 2. The number of anilines is 2. The van der Waals surface area contributed by atoms with Crippen LogP contribution in [0, 0.1) is 5.92 Å². The monoisotopic (exact) mass is 427 g/mol. The average molecular weight is 428 g/mol. The highest BCUT2D eigenvalue weighted by Crippen LogP contribution is 2.19. The number of amides is 2. The molecule has 0 aromatic heterocycles. The summed E-state index contributed by atoms with van der Waals surface area (Å²) in [6.07, 6.45) is 2.15. The van der Waals surface area contributed by atoms with Gasteiger partial charge in [0.1, 0.15) is 5.75 Å². The Bertz CT molecular complexity index is 884. The van der Waals surface area contributed by atoms with Crippen molar-refractivity contribution >= 4 is 40.5 Å². The zero-order valence-corrected chi connectivity index (χ0v) is 18.5. The van der Waals surface area contributed by atoms with Gasteiger partial charge in [-0.3, -0.25) is 14.9 Å².